The molecule has 164 valence electrons. The molecule has 0 aliphatic carbocycles. The van der Waals surface area contributed by atoms with E-state index in [1.807, 2.05) is 48.1 Å². The van der Waals surface area contributed by atoms with E-state index in [0.29, 0.717) is 5.92 Å². The van der Waals surface area contributed by atoms with Crippen molar-refractivity contribution in [2.45, 2.75) is 33.1 Å². The van der Waals surface area contributed by atoms with E-state index in [4.69, 9.17) is 5.10 Å². The molecule has 1 saturated heterocycles. The van der Waals surface area contributed by atoms with Crippen LogP contribution >= 0.6 is 0 Å². The van der Waals surface area contributed by atoms with Gasteiger partial charge in [0.1, 0.15) is 0 Å². The van der Waals surface area contributed by atoms with Crippen LogP contribution in [0.3, 0.4) is 0 Å². The molecule has 0 radical (unpaired) electrons. The summed E-state index contributed by atoms with van der Waals surface area (Å²) >= 11 is 0. The molecule has 0 spiro atoms. The molecule has 0 atom stereocenters. The number of fused-ring (bicyclic) bond motifs is 2. The Kier molecular flexibility index (Phi) is 5.39. The maximum absolute atomic E-state index is 13.3. The van der Waals surface area contributed by atoms with Crippen LogP contribution in [-0.4, -0.2) is 50.4 Å². The Morgan fingerprint density at radius 1 is 1.16 bits per heavy atom. The van der Waals surface area contributed by atoms with Gasteiger partial charge in [-0.2, -0.15) is 5.10 Å². The molecule has 1 fully saturated rings. The largest absolute Gasteiger partial charge is 0.306 e. The Labute approximate surface area is 188 Å². The predicted octanol–water partition coefficient (Wildman–Crippen LogP) is 4.06. The summed E-state index contributed by atoms with van der Waals surface area (Å²) in [7, 11) is 2.17. The highest BCUT2D eigenvalue weighted by molar-refractivity contribution is 5.99. The lowest BCUT2D eigenvalue weighted by Crippen LogP contribution is -2.32. The van der Waals surface area contributed by atoms with E-state index in [1.54, 1.807) is 11.0 Å². The Bertz CT molecular complexity index is 1220. The van der Waals surface area contributed by atoms with Gasteiger partial charge < -0.3 is 4.90 Å². The van der Waals surface area contributed by atoms with Crippen molar-refractivity contribution in [3.63, 3.8) is 0 Å². The maximum atomic E-state index is 13.3. The summed E-state index contributed by atoms with van der Waals surface area (Å²) in [5, 5.41) is 4.74. The summed E-state index contributed by atoms with van der Waals surface area (Å²) in [6.45, 7) is 6.27. The molecule has 32 heavy (non-hydrogen) atoms. The number of hydrogen-bond acceptors (Lipinski definition) is 4. The molecule has 1 amide bonds. The third-order valence-electron chi connectivity index (χ3n) is 6.53. The third-order valence-corrected chi connectivity index (χ3v) is 6.53. The zero-order chi connectivity index (χ0) is 22.2. The van der Waals surface area contributed by atoms with Crippen molar-refractivity contribution in [3.8, 4) is 0 Å². The molecule has 0 N–H and O–H groups in total. The first-order chi connectivity index (χ1) is 15.5. The lowest BCUT2D eigenvalue weighted by molar-refractivity contribution is -0.122. The number of carbonyl (C=O) groups excluding carboxylic acids is 1. The van der Waals surface area contributed by atoms with Crippen LogP contribution in [0.15, 0.2) is 66.2 Å². The number of rotatable bonds is 3. The van der Waals surface area contributed by atoms with Crippen molar-refractivity contribution in [3.05, 3.63) is 83.3 Å². The summed E-state index contributed by atoms with van der Waals surface area (Å²) in [6.07, 6.45) is 18.9. The van der Waals surface area contributed by atoms with Crippen molar-refractivity contribution in [2.24, 2.45) is 5.92 Å². The van der Waals surface area contributed by atoms with Gasteiger partial charge in [0.15, 0.2) is 0 Å². The van der Waals surface area contributed by atoms with E-state index >= 15 is 0 Å². The molecule has 6 nitrogen and oxygen atoms in total. The highest BCUT2D eigenvalue weighted by atomic mass is 16.2. The fourth-order valence-corrected chi connectivity index (χ4v) is 4.68. The van der Waals surface area contributed by atoms with Gasteiger partial charge in [-0.05, 0) is 76.0 Å². The van der Waals surface area contributed by atoms with Crippen LogP contribution in [0.1, 0.15) is 36.8 Å². The monoisotopic (exact) mass is 427 g/mol. The minimum Gasteiger partial charge on any atom is -0.306 e. The molecule has 3 aliphatic rings. The molecule has 0 unspecified atom stereocenters. The van der Waals surface area contributed by atoms with E-state index in [2.05, 4.69) is 36.0 Å². The van der Waals surface area contributed by atoms with Crippen LogP contribution in [0.2, 0.25) is 0 Å². The molecule has 0 saturated carbocycles. The molecule has 2 aromatic heterocycles. The van der Waals surface area contributed by atoms with Crippen LogP contribution in [0, 0.1) is 12.8 Å². The molecule has 0 bridgehead atoms. The number of aromatic nitrogens is 3. The van der Waals surface area contributed by atoms with Gasteiger partial charge in [-0.15, -0.1) is 0 Å². The average Bonchev–Trinajstić information content (AvgIpc) is 3.21. The number of allylic oxidation sites excluding steroid dienone is 7. The number of aryl methyl sites for hydroxylation is 2. The van der Waals surface area contributed by atoms with Crippen LogP contribution < -0.4 is 0 Å². The zero-order valence-corrected chi connectivity index (χ0v) is 19.0. The van der Waals surface area contributed by atoms with Crippen LogP contribution in [0.4, 0.5) is 0 Å². The molecule has 5 rings (SSSR count). The average molecular weight is 428 g/mol. The minimum atomic E-state index is -0.0487. The third kappa shape index (κ3) is 3.86. The highest BCUT2D eigenvalue weighted by Crippen LogP contribution is 2.31. The minimum absolute atomic E-state index is 0.0487. The second-order valence-corrected chi connectivity index (χ2v) is 8.84. The van der Waals surface area contributed by atoms with Crippen molar-refractivity contribution in [2.75, 3.05) is 20.1 Å². The van der Waals surface area contributed by atoms with Crippen LogP contribution in [0.5, 0.6) is 0 Å². The SMILES string of the molecule is CCc1nc(C)cn2nc(C3=C\C(=O)N4C=C(C5CCN(C)CC5)C=C\C4=C/C=C/3)cc12. The number of amides is 1. The van der Waals surface area contributed by atoms with Gasteiger partial charge in [-0.1, -0.05) is 25.2 Å². The molecular formula is C26H29N5O. The first-order valence-electron chi connectivity index (χ1n) is 11.4. The van der Waals surface area contributed by atoms with E-state index in [1.165, 1.54) is 5.57 Å². The van der Waals surface area contributed by atoms with Gasteiger partial charge >= 0.3 is 0 Å². The Balaban J connectivity index is 1.48. The zero-order valence-electron chi connectivity index (χ0n) is 19.0. The smallest absolute Gasteiger partial charge is 0.255 e. The van der Waals surface area contributed by atoms with E-state index in [0.717, 1.165) is 66.2 Å². The summed E-state index contributed by atoms with van der Waals surface area (Å²) in [5.74, 6) is 0.454. The Hall–Kier alpha value is -3.25. The van der Waals surface area contributed by atoms with Gasteiger partial charge in [0.05, 0.1) is 28.8 Å². The van der Waals surface area contributed by atoms with Crippen molar-refractivity contribution in [1.29, 1.82) is 0 Å². The molecule has 3 aliphatic heterocycles. The van der Waals surface area contributed by atoms with Crippen molar-refractivity contribution in [1.82, 2.24) is 24.4 Å². The van der Waals surface area contributed by atoms with Crippen LogP contribution in [-0.2, 0) is 11.2 Å². The van der Waals surface area contributed by atoms with Gasteiger partial charge in [0.25, 0.3) is 5.91 Å². The summed E-state index contributed by atoms with van der Waals surface area (Å²) in [5.41, 5.74) is 6.64. The topological polar surface area (TPSA) is 53.7 Å². The summed E-state index contributed by atoms with van der Waals surface area (Å²) in [6, 6.07) is 2.02. The van der Waals surface area contributed by atoms with Crippen LogP contribution in [0.25, 0.3) is 11.1 Å². The quantitative estimate of drug-likeness (QED) is 0.741. The van der Waals surface area contributed by atoms with Gasteiger partial charge in [-0.25, -0.2) is 4.52 Å². The van der Waals surface area contributed by atoms with E-state index < -0.39 is 0 Å². The number of carbonyl (C=O) groups is 1. The predicted molar refractivity (Wildman–Crippen MR) is 127 cm³/mol. The lowest BCUT2D eigenvalue weighted by atomic mass is 9.88. The highest BCUT2D eigenvalue weighted by Gasteiger charge is 2.25. The van der Waals surface area contributed by atoms with Gasteiger partial charge in [0, 0.05) is 23.5 Å². The first kappa shape index (κ1) is 20.6. The van der Waals surface area contributed by atoms with Gasteiger partial charge in [-0.3, -0.25) is 14.7 Å². The molecule has 6 heteroatoms. The number of hydrogen-bond donors (Lipinski definition) is 0. The Morgan fingerprint density at radius 2 is 1.97 bits per heavy atom. The van der Waals surface area contributed by atoms with E-state index in [9.17, 15) is 4.79 Å². The maximum Gasteiger partial charge on any atom is 0.255 e. The summed E-state index contributed by atoms with van der Waals surface area (Å²) in [4.78, 5) is 22.1. The number of piperidine rings is 1. The normalized spacial score (nSPS) is 24.3. The van der Waals surface area contributed by atoms with E-state index in [-0.39, 0.29) is 5.91 Å². The Morgan fingerprint density at radius 3 is 2.75 bits per heavy atom. The molecule has 5 heterocycles. The molecule has 0 aromatic carbocycles. The second-order valence-electron chi connectivity index (χ2n) is 8.84. The summed E-state index contributed by atoms with van der Waals surface area (Å²) < 4.78 is 1.87. The standard InChI is InChI=1S/C26H29N5O/c1-4-23-25-15-24(28-31(25)16-18(2)27-23)20-6-5-7-22-9-8-21(17-30(22)26(32)14-20)19-10-12-29(3)13-11-19/h5-9,14-17,19H,4,10-13H2,1-3H3/b6-5+,20-14+,22-7+. The van der Waals surface area contributed by atoms with Crippen molar-refractivity contribution < 1.29 is 4.79 Å². The lowest BCUT2D eigenvalue weighted by Gasteiger charge is -2.32. The second kappa shape index (κ2) is 8.36. The van der Waals surface area contributed by atoms with Crippen molar-refractivity contribution >= 4 is 17.0 Å². The number of nitrogens with zero attached hydrogens (tertiary/aromatic N) is 5. The fraction of sp³-hybridized carbons (Fsp3) is 0.346. The fourth-order valence-electron chi connectivity index (χ4n) is 4.68. The first-order valence-corrected chi connectivity index (χ1v) is 11.4. The molecule has 2 aromatic rings. The van der Waals surface area contributed by atoms with Gasteiger partial charge in [0.2, 0.25) is 0 Å². The number of likely N-dealkylation sites (tertiary alicyclic amines) is 1. The molecular weight excluding hydrogens is 398 g/mol.